The van der Waals surface area contributed by atoms with Crippen LogP contribution in [-0.2, 0) is 0 Å². The van der Waals surface area contributed by atoms with Gasteiger partial charge in [0.25, 0.3) is 5.91 Å². The molecule has 1 aliphatic heterocycles. The van der Waals surface area contributed by atoms with Crippen molar-refractivity contribution in [3.8, 4) is 0 Å². The maximum absolute atomic E-state index is 13.1. The fourth-order valence-electron chi connectivity index (χ4n) is 2.09. The Hall–Kier alpha value is -1.85. The van der Waals surface area contributed by atoms with E-state index in [-0.39, 0.29) is 11.7 Å². The Balaban J connectivity index is 1.99. The van der Waals surface area contributed by atoms with Crippen LogP contribution in [0.15, 0.2) is 53.5 Å². The average molecular weight is 335 g/mol. The number of carbonyl (C=O) groups excluding carboxylic acids is 1. The summed E-state index contributed by atoms with van der Waals surface area (Å²) in [4.78, 5) is 18.7. The predicted octanol–water partition coefficient (Wildman–Crippen LogP) is 4.23. The third kappa shape index (κ3) is 3.15. The third-order valence-electron chi connectivity index (χ3n) is 3.14. The lowest BCUT2D eigenvalue weighted by Gasteiger charge is -2.22. The van der Waals surface area contributed by atoms with Crippen LogP contribution >= 0.6 is 23.4 Å². The van der Waals surface area contributed by atoms with Crippen LogP contribution in [0.4, 0.5) is 10.1 Å². The fourth-order valence-corrected chi connectivity index (χ4v) is 3.08. The molecular weight excluding hydrogens is 323 g/mol. The van der Waals surface area contributed by atoms with E-state index in [0.717, 1.165) is 5.75 Å². The first kappa shape index (κ1) is 15.1. The van der Waals surface area contributed by atoms with Gasteiger partial charge in [-0.25, -0.2) is 4.39 Å². The highest BCUT2D eigenvalue weighted by atomic mass is 35.5. The molecule has 2 aromatic carbocycles. The minimum absolute atomic E-state index is 0.240. The summed E-state index contributed by atoms with van der Waals surface area (Å²) in [6, 6.07) is 12.5. The van der Waals surface area contributed by atoms with Gasteiger partial charge < -0.3 is 0 Å². The van der Waals surface area contributed by atoms with Crippen LogP contribution in [0, 0.1) is 5.82 Å². The molecule has 2 aromatic rings. The second kappa shape index (κ2) is 6.50. The third-order valence-corrected chi connectivity index (χ3v) is 4.35. The number of hydrogen-bond acceptors (Lipinski definition) is 3. The van der Waals surface area contributed by atoms with Crippen LogP contribution in [0.5, 0.6) is 0 Å². The van der Waals surface area contributed by atoms with Gasteiger partial charge in [-0.2, -0.15) is 0 Å². The maximum Gasteiger partial charge on any atom is 0.264 e. The summed E-state index contributed by atoms with van der Waals surface area (Å²) in [6.07, 6.45) is 0. The number of benzene rings is 2. The Bertz CT molecular complexity index is 716. The number of thioether (sulfide) groups is 1. The molecule has 0 unspecified atom stereocenters. The van der Waals surface area contributed by atoms with E-state index < -0.39 is 0 Å². The average Bonchev–Trinajstić information content (AvgIpc) is 3.04. The molecule has 0 aromatic heterocycles. The van der Waals surface area contributed by atoms with Crippen molar-refractivity contribution in [3.05, 3.63) is 64.9 Å². The van der Waals surface area contributed by atoms with Crippen LogP contribution in [0.25, 0.3) is 0 Å². The Kier molecular flexibility index (Phi) is 4.45. The first-order valence-corrected chi connectivity index (χ1v) is 8.04. The number of nitrogens with zero attached hydrogens (tertiary/aromatic N) is 2. The van der Waals surface area contributed by atoms with E-state index in [9.17, 15) is 9.18 Å². The molecule has 6 heteroatoms. The zero-order valence-corrected chi connectivity index (χ0v) is 13.1. The lowest BCUT2D eigenvalue weighted by molar-refractivity contribution is 0.100. The molecule has 0 aliphatic carbocycles. The summed E-state index contributed by atoms with van der Waals surface area (Å²) in [7, 11) is 0. The SMILES string of the molecule is O=C(c1ccc(F)cc1)N(C1=NCCS1)c1ccc(Cl)cc1. The minimum Gasteiger partial charge on any atom is -0.268 e. The summed E-state index contributed by atoms with van der Waals surface area (Å²) in [5, 5.41) is 1.25. The van der Waals surface area contributed by atoms with Crippen molar-refractivity contribution in [2.24, 2.45) is 4.99 Å². The zero-order chi connectivity index (χ0) is 15.5. The molecule has 0 radical (unpaired) electrons. The number of amidine groups is 1. The van der Waals surface area contributed by atoms with E-state index in [4.69, 9.17) is 11.6 Å². The summed E-state index contributed by atoms with van der Waals surface area (Å²) < 4.78 is 13.1. The van der Waals surface area contributed by atoms with Crippen LogP contribution in [0.2, 0.25) is 5.02 Å². The Labute approximate surface area is 136 Å². The molecule has 0 saturated heterocycles. The zero-order valence-electron chi connectivity index (χ0n) is 11.5. The van der Waals surface area contributed by atoms with Crippen molar-refractivity contribution in [2.45, 2.75) is 0 Å². The van der Waals surface area contributed by atoms with Crippen molar-refractivity contribution in [2.75, 3.05) is 17.2 Å². The highest BCUT2D eigenvalue weighted by Crippen LogP contribution is 2.26. The van der Waals surface area contributed by atoms with E-state index in [2.05, 4.69) is 4.99 Å². The van der Waals surface area contributed by atoms with E-state index in [1.165, 1.54) is 36.0 Å². The van der Waals surface area contributed by atoms with E-state index in [0.29, 0.717) is 28.0 Å². The van der Waals surface area contributed by atoms with Gasteiger partial charge in [0.2, 0.25) is 0 Å². The van der Waals surface area contributed by atoms with Gasteiger partial charge in [0.05, 0.1) is 12.2 Å². The molecule has 0 atom stereocenters. The molecule has 0 spiro atoms. The van der Waals surface area contributed by atoms with Gasteiger partial charge in [0.15, 0.2) is 5.17 Å². The monoisotopic (exact) mass is 334 g/mol. The highest BCUT2D eigenvalue weighted by Gasteiger charge is 2.25. The lowest BCUT2D eigenvalue weighted by Crippen LogP contribution is -2.34. The summed E-state index contributed by atoms with van der Waals surface area (Å²) >= 11 is 7.43. The fraction of sp³-hybridized carbons (Fsp3) is 0.125. The number of halogens is 2. The first-order valence-electron chi connectivity index (χ1n) is 6.68. The minimum atomic E-state index is -0.373. The predicted molar refractivity (Wildman–Crippen MR) is 89.4 cm³/mol. The quantitative estimate of drug-likeness (QED) is 0.823. The second-order valence-electron chi connectivity index (χ2n) is 4.64. The van der Waals surface area contributed by atoms with E-state index >= 15 is 0 Å². The van der Waals surface area contributed by atoms with Gasteiger partial charge in [-0.15, -0.1) is 0 Å². The number of hydrogen-bond donors (Lipinski definition) is 0. The van der Waals surface area contributed by atoms with Crippen LogP contribution in [0.1, 0.15) is 10.4 Å². The Morgan fingerprint density at radius 2 is 1.82 bits per heavy atom. The number of aliphatic imine (C=N–C) groups is 1. The van der Waals surface area contributed by atoms with Gasteiger partial charge in [0.1, 0.15) is 5.82 Å². The van der Waals surface area contributed by atoms with Crippen molar-refractivity contribution in [3.63, 3.8) is 0 Å². The molecule has 3 nitrogen and oxygen atoms in total. The highest BCUT2D eigenvalue weighted by molar-refractivity contribution is 8.14. The van der Waals surface area contributed by atoms with E-state index in [1.54, 1.807) is 29.2 Å². The number of amides is 1. The Morgan fingerprint density at radius 3 is 2.41 bits per heavy atom. The summed E-state index contributed by atoms with van der Waals surface area (Å²) in [5.74, 6) is 0.230. The normalized spacial score (nSPS) is 13.8. The molecule has 0 fully saturated rings. The van der Waals surface area contributed by atoms with Gasteiger partial charge in [-0.3, -0.25) is 14.7 Å². The topological polar surface area (TPSA) is 32.7 Å². The molecule has 3 rings (SSSR count). The van der Waals surface area contributed by atoms with Crippen molar-refractivity contribution in [1.29, 1.82) is 0 Å². The van der Waals surface area contributed by atoms with Crippen LogP contribution in [0.3, 0.4) is 0 Å². The number of rotatable bonds is 2. The van der Waals surface area contributed by atoms with Gasteiger partial charge in [0, 0.05) is 16.3 Å². The largest absolute Gasteiger partial charge is 0.268 e. The van der Waals surface area contributed by atoms with Crippen LogP contribution < -0.4 is 4.90 Å². The maximum atomic E-state index is 13.1. The Morgan fingerprint density at radius 1 is 1.14 bits per heavy atom. The van der Waals surface area contributed by atoms with Gasteiger partial charge >= 0.3 is 0 Å². The molecule has 1 heterocycles. The molecular formula is C16H12ClFN2OS. The number of carbonyl (C=O) groups is 1. The van der Waals surface area contributed by atoms with Gasteiger partial charge in [-0.05, 0) is 48.5 Å². The lowest BCUT2D eigenvalue weighted by atomic mass is 10.2. The van der Waals surface area contributed by atoms with Gasteiger partial charge in [-0.1, -0.05) is 23.4 Å². The first-order chi connectivity index (χ1) is 10.6. The molecule has 0 N–H and O–H groups in total. The van der Waals surface area contributed by atoms with E-state index in [1.807, 2.05) is 0 Å². The standard InChI is InChI=1S/C16H12ClFN2OS/c17-12-3-7-14(8-4-12)20(16-19-9-10-22-16)15(21)11-1-5-13(18)6-2-11/h1-8H,9-10H2. The molecule has 22 heavy (non-hydrogen) atoms. The molecule has 1 aliphatic rings. The molecule has 112 valence electrons. The number of anilines is 1. The van der Waals surface area contributed by atoms with Crippen LogP contribution in [-0.4, -0.2) is 23.4 Å². The summed E-state index contributed by atoms with van der Waals surface area (Å²) in [5.41, 5.74) is 1.10. The van der Waals surface area contributed by atoms with Crippen molar-refractivity contribution in [1.82, 2.24) is 0 Å². The smallest absolute Gasteiger partial charge is 0.264 e. The molecule has 0 bridgehead atoms. The second-order valence-corrected chi connectivity index (χ2v) is 6.14. The molecule has 0 saturated carbocycles. The molecule has 1 amide bonds. The summed E-state index contributed by atoms with van der Waals surface area (Å²) in [6.45, 7) is 0.681. The van der Waals surface area contributed by atoms with Crippen molar-refractivity contribution < 1.29 is 9.18 Å². The van der Waals surface area contributed by atoms with Crippen molar-refractivity contribution >= 4 is 40.1 Å².